The minimum absolute atomic E-state index is 0.0261. The van der Waals surface area contributed by atoms with Crippen LogP contribution in [0, 0.1) is 17.7 Å². The van der Waals surface area contributed by atoms with Gasteiger partial charge in [0, 0.05) is 63.1 Å². The van der Waals surface area contributed by atoms with E-state index in [4.69, 9.17) is 20.3 Å². The van der Waals surface area contributed by atoms with Gasteiger partial charge in [-0.05, 0) is 26.8 Å². The van der Waals surface area contributed by atoms with Gasteiger partial charge in [0.2, 0.25) is 5.90 Å². The van der Waals surface area contributed by atoms with E-state index in [0.717, 1.165) is 57.7 Å². The van der Waals surface area contributed by atoms with E-state index in [9.17, 15) is 0 Å². The number of aromatic nitrogens is 1. The van der Waals surface area contributed by atoms with Crippen LogP contribution in [0.15, 0.2) is 12.3 Å². The minimum Gasteiger partial charge on any atom is -0.496 e. The maximum atomic E-state index is 8.22. The lowest BCUT2D eigenvalue weighted by Gasteiger charge is -2.42. The molecule has 3 heterocycles. The molecule has 2 aliphatic heterocycles. The number of nitrogens with one attached hydrogen (secondary N) is 2. The molecule has 2 saturated heterocycles. The standard InChI is InChI=1S/C19H30N6O2/c1-14-13-22-16(12-17(14)26-3)18(20)27-19(21)25-6-4-15(5-7-25)24-10-8-23(2)9-11-24/h12-13,15,20-21H,4-11H2,1-3H3. The number of piperidine rings is 1. The van der Waals surface area contributed by atoms with E-state index in [1.165, 1.54) is 0 Å². The monoisotopic (exact) mass is 374 g/mol. The first-order valence-corrected chi connectivity index (χ1v) is 9.51. The summed E-state index contributed by atoms with van der Waals surface area (Å²) < 4.78 is 10.7. The van der Waals surface area contributed by atoms with Crippen LogP contribution in [0.5, 0.6) is 5.75 Å². The number of rotatable bonds is 3. The molecule has 0 spiro atoms. The van der Waals surface area contributed by atoms with Crippen LogP contribution in [0.1, 0.15) is 24.1 Å². The minimum atomic E-state index is -0.125. The predicted octanol–water partition coefficient (Wildman–Crippen LogP) is 1.39. The average molecular weight is 374 g/mol. The number of likely N-dealkylation sites (N-methyl/N-ethyl adjacent to an activating group) is 1. The summed E-state index contributed by atoms with van der Waals surface area (Å²) in [5, 5.41) is 16.3. The smallest absolute Gasteiger partial charge is 0.291 e. The van der Waals surface area contributed by atoms with Crippen molar-refractivity contribution < 1.29 is 9.47 Å². The van der Waals surface area contributed by atoms with Crippen molar-refractivity contribution in [2.45, 2.75) is 25.8 Å². The lowest BCUT2D eigenvalue weighted by atomic mass is 10.0. The van der Waals surface area contributed by atoms with E-state index in [1.807, 2.05) is 11.8 Å². The Hall–Kier alpha value is -2.19. The van der Waals surface area contributed by atoms with Gasteiger partial charge in [0.25, 0.3) is 6.02 Å². The highest BCUT2D eigenvalue weighted by atomic mass is 16.5. The molecule has 148 valence electrons. The van der Waals surface area contributed by atoms with Crippen molar-refractivity contribution in [3.05, 3.63) is 23.5 Å². The third-order valence-electron chi connectivity index (χ3n) is 5.51. The quantitative estimate of drug-likeness (QED) is 0.614. The van der Waals surface area contributed by atoms with E-state index in [-0.39, 0.29) is 11.9 Å². The molecule has 0 unspecified atom stereocenters. The molecule has 2 aliphatic rings. The average Bonchev–Trinajstić information content (AvgIpc) is 2.69. The first-order chi connectivity index (χ1) is 13.0. The van der Waals surface area contributed by atoms with Crippen LogP contribution in [0.4, 0.5) is 0 Å². The number of likely N-dealkylation sites (tertiary alicyclic amines) is 1. The highest BCUT2D eigenvalue weighted by Crippen LogP contribution is 2.20. The Bertz CT molecular complexity index is 679. The lowest BCUT2D eigenvalue weighted by molar-refractivity contribution is 0.0786. The zero-order valence-corrected chi connectivity index (χ0v) is 16.5. The van der Waals surface area contributed by atoms with Crippen molar-refractivity contribution in [2.24, 2.45) is 0 Å². The van der Waals surface area contributed by atoms with Crippen LogP contribution < -0.4 is 4.74 Å². The third-order valence-corrected chi connectivity index (χ3v) is 5.51. The fourth-order valence-corrected chi connectivity index (χ4v) is 3.68. The summed E-state index contributed by atoms with van der Waals surface area (Å²) in [5.74, 6) is 0.535. The summed E-state index contributed by atoms with van der Waals surface area (Å²) >= 11 is 0. The van der Waals surface area contributed by atoms with Crippen molar-refractivity contribution in [2.75, 3.05) is 53.4 Å². The zero-order chi connectivity index (χ0) is 19.4. The fraction of sp³-hybridized carbons (Fsp3) is 0.632. The number of methoxy groups -OCH3 is 1. The number of hydrogen-bond donors (Lipinski definition) is 2. The normalized spacial score (nSPS) is 19.7. The third kappa shape index (κ3) is 4.75. The molecule has 27 heavy (non-hydrogen) atoms. The van der Waals surface area contributed by atoms with Crippen LogP contribution in [-0.2, 0) is 4.74 Å². The van der Waals surface area contributed by atoms with Gasteiger partial charge in [0.05, 0.1) is 7.11 Å². The Labute approximate surface area is 161 Å². The molecule has 8 nitrogen and oxygen atoms in total. The van der Waals surface area contributed by atoms with Crippen molar-refractivity contribution in [3.8, 4) is 5.75 Å². The lowest BCUT2D eigenvalue weighted by Crippen LogP contribution is -2.53. The molecule has 0 radical (unpaired) electrons. The van der Waals surface area contributed by atoms with Gasteiger partial charge in [-0.25, -0.2) is 0 Å². The number of amidine groups is 1. The van der Waals surface area contributed by atoms with Gasteiger partial charge in [0.1, 0.15) is 11.4 Å². The molecule has 3 rings (SSSR count). The molecule has 0 bridgehead atoms. The van der Waals surface area contributed by atoms with Gasteiger partial charge in [-0.2, -0.15) is 0 Å². The fourth-order valence-electron chi connectivity index (χ4n) is 3.68. The van der Waals surface area contributed by atoms with Gasteiger partial charge in [0.15, 0.2) is 0 Å². The Morgan fingerprint density at radius 3 is 2.41 bits per heavy atom. The van der Waals surface area contributed by atoms with Gasteiger partial charge >= 0.3 is 0 Å². The van der Waals surface area contributed by atoms with Crippen LogP contribution in [0.2, 0.25) is 0 Å². The summed E-state index contributed by atoms with van der Waals surface area (Å²) in [6, 6.07) is 2.29. The van der Waals surface area contributed by atoms with E-state index in [0.29, 0.717) is 17.5 Å². The van der Waals surface area contributed by atoms with E-state index < -0.39 is 0 Å². The maximum Gasteiger partial charge on any atom is 0.291 e. The zero-order valence-electron chi connectivity index (χ0n) is 16.5. The molecule has 8 heteroatoms. The SMILES string of the molecule is COc1cc(C(=N)OC(=N)N2CCC(N3CCN(C)CC3)CC2)ncc1C. The molecule has 1 aromatic heterocycles. The summed E-state index contributed by atoms with van der Waals surface area (Å²) in [6.07, 6.45) is 3.70. The number of hydrogen-bond acceptors (Lipinski definition) is 7. The molecular weight excluding hydrogens is 344 g/mol. The molecule has 0 amide bonds. The van der Waals surface area contributed by atoms with E-state index >= 15 is 0 Å². The molecule has 0 saturated carbocycles. The number of pyridine rings is 1. The van der Waals surface area contributed by atoms with Crippen molar-refractivity contribution in [1.82, 2.24) is 19.7 Å². The maximum absolute atomic E-state index is 8.22. The largest absolute Gasteiger partial charge is 0.496 e. The van der Waals surface area contributed by atoms with Gasteiger partial charge < -0.3 is 19.3 Å². The van der Waals surface area contributed by atoms with Crippen LogP contribution in [0.3, 0.4) is 0 Å². The highest BCUT2D eigenvalue weighted by Gasteiger charge is 2.28. The van der Waals surface area contributed by atoms with Crippen LogP contribution in [0.25, 0.3) is 0 Å². The van der Waals surface area contributed by atoms with Gasteiger partial charge in [-0.15, -0.1) is 0 Å². The molecule has 2 fully saturated rings. The molecular formula is C19H30N6O2. The Balaban J connectivity index is 1.50. The number of aryl methyl sites for hydroxylation is 1. The second-order valence-corrected chi connectivity index (χ2v) is 7.33. The molecule has 0 atom stereocenters. The molecule has 0 aromatic carbocycles. The van der Waals surface area contributed by atoms with Crippen molar-refractivity contribution >= 4 is 11.9 Å². The molecule has 1 aromatic rings. The number of ether oxygens (including phenoxy) is 2. The van der Waals surface area contributed by atoms with E-state index in [1.54, 1.807) is 19.4 Å². The van der Waals surface area contributed by atoms with E-state index in [2.05, 4.69) is 21.8 Å². The Morgan fingerprint density at radius 2 is 1.78 bits per heavy atom. The summed E-state index contributed by atoms with van der Waals surface area (Å²) in [5.41, 5.74) is 1.27. The van der Waals surface area contributed by atoms with Gasteiger partial charge in [-0.3, -0.25) is 20.7 Å². The second-order valence-electron chi connectivity index (χ2n) is 7.33. The molecule has 0 aliphatic carbocycles. The van der Waals surface area contributed by atoms with Crippen molar-refractivity contribution in [1.29, 1.82) is 10.8 Å². The highest BCUT2D eigenvalue weighted by molar-refractivity contribution is 5.97. The van der Waals surface area contributed by atoms with Crippen LogP contribution in [-0.4, -0.2) is 91.1 Å². The second kappa shape index (κ2) is 8.67. The number of nitrogens with zero attached hydrogens (tertiary/aromatic N) is 4. The van der Waals surface area contributed by atoms with Crippen molar-refractivity contribution in [3.63, 3.8) is 0 Å². The number of piperazine rings is 1. The summed E-state index contributed by atoms with van der Waals surface area (Å²) in [6.45, 7) is 7.97. The molecule has 2 N–H and O–H groups in total. The Morgan fingerprint density at radius 1 is 1.11 bits per heavy atom. The summed E-state index contributed by atoms with van der Waals surface area (Å²) in [7, 11) is 3.76. The summed E-state index contributed by atoms with van der Waals surface area (Å²) in [4.78, 5) is 11.1. The topological polar surface area (TPSA) is 88.8 Å². The van der Waals surface area contributed by atoms with Crippen LogP contribution >= 0.6 is 0 Å². The first kappa shape index (κ1) is 19.6. The van der Waals surface area contributed by atoms with Gasteiger partial charge in [-0.1, -0.05) is 0 Å². The predicted molar refractivity (Wildman–Crippen MR) is 105 cm³/mol. The Kier molecular flexibility index (Phi) is 6.28. The first-order valence-electron chi connectivity index (χ1n) is 9.51.